The summed E-state index contributed by atoms with van der Waals surface area (Å²) in [4.78, 5) is 18.0. The lowest BCUT2D eigenvalue weighted by Crippen LogP contribution is -2.34. The van der Waals surface area contributed by atoms with E-state index in [0.717, 1.165) is 30.6 Å². The van der Waals surface area contributed by atoms with Gasteiger partial charge in [0, 0.05) is 19.2 Å². The second-order valence-electron chi connectivity index (χ2n) is 5.05. The van der Waals surface area contributed by atoms with Crippen LogP contribution in [0.25, 0.3) is 0 Å². The summed E-state index contributed by atoms with van der Waals surface area (Å²) in [6, 6.07) is 2.42. The van der Waals surface area contributed by atoms with Gasteiger partial charge < -0.3 is 10.2 Å². The fraction of sp³-hybridized carbons (Fsp3) is 0.538. The SMILES string of the molecule is Cc1ccnc(Cl)c1NC1CC(=O)N2CCCC12. The Morgan fingerprint density at radius 3 is 3.17 bits per heavy atom. The average molecular weight is 266 g/mol. The molecule has 2 atom stereocenters. The molecule has 2 fully saturated rings. The van der Waals surface area contributed by atoms with Crippen molar-refractivity contribution in [2.75, 3.05) is 11.9 Å². The maximum atomic E-state index is 11.9. The van der Waals surface area contributed by atoms with Gasteiger partial charge in [0.2, 0.25) is 5.91 Å². The van der Waals surface area contributed by atoms with Gasteiger partial charge in [0.15, 0.2) is 5.15 Å². The van der Waals surface area contributed by atoms with Gasteiger partial charge >= 0.3 is 0 Å². The molecule has 1 N–H and O–H groups in total. The van der Waals surface area contributed by atoms with E-state index in [0.29, 0.717) is 17.6 Å². The molecule has 0 radical (unpaired) electrons. The minimum absolute atomic E-state index is 0.167. The van der Waals surface area contributed by atoms with Crippen LogP contribution in [-0.4, -0.2) is 34.4 Å². The molecule has 0 spiro atoms. The number of carbonyl (C=O) groups is 1. The number of pyridine rings is 1. The molecule has 1 amide bonds. The molecule has 0 bridgehead atoms. The number of rotatable bonds is 2. The largest absolute Gasteiger partial charge is 0.377 e. The zero-order chi connectivity index (χ0) is 12.7. The lowest BCUT2D eigenvalue weighted by Gasteiger charge is -2.23. The van der Waals surface area contributed by atoms with Gasteiger partial charge in [-0.25, -0.2) is 4.98 Å². The second kappa shape index (κ2) is 4.43. The molecule has 2 saturated heterocycles. The Hall–Kier alpha value is -1.29. The van der Waals surface area contributed by atoms with Crippen LogP contribution in [0.15, 0.2) is 12.3 Å². The fourth-order valence-electron chi connectivity index (χ4n) is 2.99. The fourth-order valence-corrected chi connectivity index (χ4v) is 3.25. The van der Waals surface area contributed by atoms with Crippen LogP contribution in [0.1, 0.15) is 24.8 Å². The number of anilines is 1. The van der Waals surface area contributed by atoms with Crippen LogP contribution in [-0.2, 0) is 4.79 Å². The highest BCUT2D eigenvalue weighted by Crippen LogP contribution is 2.33. The summed E-state index contributed by atoms with van der Waals surface area (Å²) >= 11 is 6.12. The van der Waals surface area contributed by atoms with Gasteiger partial charge in [0.05, 0.1) is 17.8 Å². The van der Waals surface area contributed by atoms with Gasteiger partial charge in [-0.1, -0.05) is 11.6 Å². The Morgan fingerprint density at radius 2 is 2.39 bits per heavy atom. The number of hydrogen-bond acceptors (Lipinski definition) is 3. The highest BCUT2D eigenvalue weighted by atomic mass is 35.5. The molecule has 1 aromatic heterocycles. The van der Waals surface area contributed by atoms with Crippen LogP contribution in [0.4, 0.5) is 5.69 Å². The quantitative estimate of drug-likeness (QED) is 0.834. The number of hydrogen-bond donors (Lipinski definition) is 1. The molecule has 3 heterocycles. The van der Waals surface area contributed by atoms with Crippen molar-refractivity contribution in [2.45, 2.75) is 38.3 Å². The predicted octanol–water partition coefficient (Wildman–Crippen LogP) is 2.22. The van der Waals surface area contributed by atoms with E-state index in [1.807, 2.05) is 17.9 Å². The second-order valence-corrected chi connectivity index (χ2v) is 5.40. The first-order valence-electron chi connectivity index (χ1n) is 6.34. The molecule has 0 aromatic carbocycles. The Bertz CT molecular complexity index is 471. The number of carbonyl (C=O) groups excluding carboxylic acids is 1. The minimum atomic E-state index is 0.167. The molecule has 2 aliphatic rings. The summed E-state index contributed by atoms with van der Waals surface area (Å²) in [5, 5.41) is 3.91. The Balaban J connectivity index is 1.83. The third kappa shape index (κ3) is 1.85. The molecule has 5 heteroatoms. The summed E-state index contributed by atoms with van der Waals surface area (Å²) in [5.74, 6) is 0.257. The summed E-state index contributed by atoms with van der Waals surface area (Å²) in [6.45, 7) is 2.90. The van der Waals surface area contributed by atoms with E-state index in [9.17, 15) is 4.79 Å². The minimum Gasteiger partial charge on any atom is -0.377 e. The molecule has 0 aliphatic carbocycles. The van der Waals surface area contributed by atoms with Crippen molar-refractivity contribution in [2.24, 2.45) is 0 Å². The molecule has 3 rings (SSSR count). The number of amides is 1. The van der Waals surface area contributed by atoms with Gasteiger partial charge in [-0.15, -0.1) is 0 Å². The van der Waals surface area contributed by atoms with Crippen LogP contribution < -0.4 is 5.32 Å². The predicted molar refractivity (Wildman–Crippen MR) is 70.7 cm³/mol. The molecule has 96 valence electrons. The van der Waals surface area contributed by atoms with E-state index in [4.69, 9.17) is 11.6 Å². The highest BCUT2D eigenvalue weighted by molar-refractivity contribution is 6.32. The molecular weight excluding hydrogens is 250 g/mol. The third-order valence-corrected chi connectivity index (χ3v) is 4.21. The monoisotopic (exact) mass is 265 g/mol. The van der Waals surface area contributed by atoms with Crippen LogP contribution in [0.3, 0.4) is 0 Å². The van der Waals surface area contributed by atoms with Gasteiger partial charge in [0.25, 0.3) is 0 Å². The van der Waals surface area contributed by atoms with Gasteiger partial charge in [0.1, 0.15) is 0 Å². The molecular formula is C13H16ClN3O. The Kier molecular flexibility index (Phi) is 2.90. The van der Waals surface area contributed by atoms with Crippen LogP contribution in [0, 0.1) is 6.92 Å². The first-order valence-corrected chi connectivity index (χ1v) is 6.71. The van der Waals surface area contributed by atoms with E-state index >= 15 is 0 Å². The first-order chi connectivity index (χ1) is 8.66. The Labute approximate surface area is 111 Å². The molecule has 2 unspecified atom stereocenters. The lowest BCUT2D eigenvalue weighted by molar-refractivity contribution is -0.127. The lowest BCUT2D eigenvalue weighted by atomic mass is 10.1. The van der Waals surface area contributed by atoms with E-state index in [2.05, 4.69) is 10.3 Å². The van der Waals surface area contributed by atoms with Crippen molar-refractivity contribution < 1.29 is 4.79 Å². The number of aromatic nitrogens is 1. The molecule has 4 nitrogen and oxygen atoms in total. The molecule has 0 saturated carbocycles. The normalized spacial score (nSPS) is 26.6. The van der Waals surface area contributed by atoms with E-state index in [1.54, 1.807) is 6.20 Å². The third-order valence-electron chi connectivity index (χ3n) is 3.92. The molecule has 2 aliphatic heterocycles. The van der Waals surface area contributed by atoms with Crippen molar-refractivity contribution in [1.82, 2.24) is 9.88 Å². The van der Waals surface area contributed by atoms with Crippen molar-refractivity contribution in [3.63, 3.8) is 0 Å². The van der Waals surface area contributed by atoms with Gasteiger partial charge in [-0.3, -0.25) is 4.79 Å². The average Bonchev–Trinajstić information content (AvgIpc) is 2.90. The smallest absolute Gasteiger partial charge is 0.225 e. The van der Waals surface area contributed by atoms with Crippen molar-refractivity contribution in [3.05, 3.63) is 23.0 Å². The van der Waals surface area contributed by atoms with Crippen molar-refractivity contribution >= 4 is 23.2 Å². The summed E-state index contributed by atoms with van der Waals surface area (Å²) in [7, 11) is 0. The van der Waals surface area contributed by atoms with Gasteiger partial charge in [-0.2, -0.15) is 0 Å². The van der Waals surface area contributed by atoms with Crippen molar-refractivity contribution in [3.8, 4) is 0 Å². The first kappa shape index (κ1) is 11.8. The molecule has 18 heavy (non-hydrogen) atoms. The maximum absolute atomic E-state index is 11.9. The zero-order valence-corrected chi connectivity index (χ0v) is 11.1. The van der Waals surface area contributed by atoms with Crippen LogP contribution in [0.5, 0.6) is 0 Å². The maximum Gasteiger partial charge on any atom is 0.225 e. The molecule has 1 aromatic rings. The van der Waals surface area contributed by atoms with Crippen LogP contribution >= 0.6 is 11.6 Å². The van der Waals surface area contributed by atoms with E-state index in [1.165, 1.54) is 0 Å². The standard InChI is InChI=1S/C13H16ClN3O/c1-8-4-5-15-13(14)12(8)16-9-7-11(18)17-6-2-3-10(9)17/h4-5,9-10,16H,2-3,6-7H2,1H3. The number of fused-ring (bicyclic) bond motifs is 1. The number of nitrogens with zero attached hydrogens (tertiary/aromatic N) is 2. The summed E-state index contributed by atoms with van der Waals surface area (Å²) in [6.07, 6.45) is 4.45. The van der Waals surface area contributed by atoms with Crippen LogP contribution in [0.2, 0.25) is 5.15 Å². The van der Waals surface area contributed by atoms with Gasteiger partial charge in [-0.05, 0) is 31.4 Å². The highest BCUT2D eigenvalue weighted by Gasteiger charge is 2.42. The van der Waals surface area contributed by atoms with E-state index < -0.39 is 0 Å². The Morgan fingerprint density at radius 1 is 1.56 bits per heavy atom. The topological polar surface area (TPSA) is 45.2 Å². The van der Waals surface area contributed by atoms with E-state index in [-0.39, 0.29) is 11.9 Å². The zero-order valence-electron chi connectivity index (χ0n) is 10.3. The number of nitrogens with one attached hydrogen (secondary N) is 1. The summed E-state index contributed by atoms with van der Waals surface area (Å²) < 4.78 is 0. The van der Waals surface area contributed by atoms with Crippen molar-refractivity contribution in [1.29, 1.82) is 0 Å². The number of aryl methyl sites for hydroxylation is 1. The summed E-state index contributed by atoms with van der Waals surface area (Å²) in [5.41, 5.74) is 1.93. The number of halogens is 1.